The Morgan fingerprint density at radius 1 is 1.39 bits per heavy atom. The lowest BCUT2D eigenvalue weighted by atomic mass is 10.2. The number of nitrogens with zero attached hydrogens (tertiary/aromatic N) is 3. The molecule has 0 fully saturated rings. The highest BCUT2D eigenvalue weighted by Gasteiger charge is 2.16. The van der Waals surface area contributed by atoms with E-state index in [2.05, 4.69) is 31.0 Å². The maximum Gasteiger partial charge on any atom is 0.262 e. The first-order chi connectivity index (χ1) is 11.0. The summed E-state index contributed by atoms with van der Waals surface area (Å²) >= 11 is 3.46. The third kappa shape index (κ3) is 2.88. The van der Waals surface area contributed by atoms with Crippen LogP contribution in [-0.4, -0.2) is 26.4 Å². The van der Waals surface area contributed by atoms with Gasteiger partial charge in [-0.1, -0.05) is 22.9 Å². The molecule has 1 N–H and O–H groups in total. The third-order valence-corrected chi connectivity index (χ3v) is 4.02. The molecule has 0 amide bonds. The van der Waals surface area contributed by atoms with Crippen molar-refractivity contribution < 1.29 is 4.74 Å². The number of aromatic amines is 1. The summed E-state index contributed by atoms with van der Waals surface area (Å²) in [5.41, 5.74) is 1.77. The van der Waals surface area contributed by atoms with Crippen molar-refractivity contribution in [2.75, 3.05) is 6.61 Å². The zero-order valence-electron chi connectivity index (χ0n) is 13.2. The Hall–Kier alpha value is -2.15. The Kier molecular flexibility index (Phi) is 4.21. The first-order valence-corrected chi connectivity index (χ1v) is 8.17. The number of aromatic nitrogens is 4. The second-order valence-corrected chi connectivity index (χ2v) is 6.23. The fourth-order valence-electron chi connectivity index (χ4n) is 2.50. The number of nitrogens with one attached hydrogen (secondary N) is 1. The van der Waals surface area contributed by atoms with Crippen LogP contribution < -0.4 is 10.3 Å². The van der Waals surface area contributed by atoms with Crippen molar-refractivity contribution >= 4 is 27.0 Å². The van der Waals surface area contributed by atoms with E-state index in [-0.39, 0.29) is 5.56 Å². The van der Waals surface area contributed by atoms with Crippen molar-refractivity contribution in [3.63, 3.8) is 0 Å². The summed E-state index contributed by atoms with van der Waals surface area (Å²) in [4.78, 5) is 19.8. The van der Waals surface area contributed by atoms with Crippen molar-refractivity contribution in [3.8, 4) is 17.1 Å². The number of rotatable bonds is 4. The lowest BCUT2D eigenvalue weighted by Crippen LogP contribution is -2.11. The molecule has 0 aliphatic rings. The van der Waals surface area contributed by atoms with Crippen LogP contribution in [0.5, 0.6) is 5.75 Å². The largest absolute Gasteiger partial charge is 0.493 e. The number of benzene rings is 1. The number of ether oxygens (including phenoxy) is 1. The summed E-state index contributed by atoms with van der Waals surface area (Å²) in [6.45, 7) is 4.45. The monoisotopic (exact) mass is 376 g/mol. The lowest BCUT2D eigenvalue weighted by molar-refractivity contribution is 0.318. The molecular weight excluding hydrogens is 360 g/mol. The Morgan fingerprint density at radius 2 is 2.17 bits per heavy atom. The van der Waals surface area contributed by atoms with E-state index < -0.39 is 0 Å². The van der Waals surface area contributed by atoms with Crippen LogP contribution in [0.25, 0.3) is 22.4 Å². The molecule has 0 spiro atoms. The molecule has 23 heavy (non-hydrogen) atoms. The summed E-state index contributed by atoms with van der Waals surface area (Å²) in [6.07, 6.45) is 0.902. The van der Waals surface area contributed by atoms with Crippen LogP contribution in [0.4, 0.5) is 0 Å². The highest BCUT2D eigenvalue weighted by molar-refractivity contribution is 9.10. The van der Waals surface area contributed by atoms with Gasteiger partial charge in [0, 0.05) is 11.5 Å². The molecule has 3 aromatic rings. The van der Waals surface area contributed by atoms with E-state index in [9.17, 15) is 4.79 Å². The van der Waals surface area contributed by atoms with Crippen molar-refractivity contribution in [2.24, 2.45) is 7.05 Å². The smallest absolute Gasteiger partial charge is 0.262 e. The Morgan fingerprint density at radius 3 is 2.91 bits per heavy atom. The fraction of sp³-hybridized carbons (Fsp3) is 0.312. The van der Waals surface area contributed by atoms with E-state index in [1.165, 1.54) is 0 Å². The van der Waals surface area contributed by atoms with E-state index in [4.69, 9.17) is 4.74 Å². The standard InChI is InChI=1S/C16H17BrN4O2/c1-4-7-23-12-6-5-10(17)8-11(12)14-18-15-13(16(22)19-14)9(2)20-21(15)3/h5-6,8H,4,7H2,1-3H3,(H,18,19,22). The van der Waals surface area contributed by atoms with Crippen LogP contribution in [0.15, 0.2) is 27.5 Å². The summed E-state index contributed by atoms with van der Waals surface area (Å²) in [5, 5.41) is 4.79. The molecule has 3 rings (SSSR count). The number of aryl methyl sites for hydroxylation is 2. The van der Waals surface area contributed by atoms with E-state index in [0.717, 1.165) is 16.5 Å². The second kappa shape index (κ2) is 6.16. The number of fused-ring (bicyclic) bond motifs is 1. The quantitative estimate of drug-likeness (QED) is 0.758. The van der Waals surface area contributed by atoms with E-state index in [1.54, 1.807) is 18.7 Å². The van der Waals surface area contributed by atoms with Crippen molar-refractivity contribution in [1.29, 1.82) is 0 Å². The van der Waals surface area contributed by atoms with Crippen LogP contribution in [-0.2, 0) is 7.05 Å². The summed E-state index contributed by atoms with van der Waals surface area (Å²) in [5.74, 6) is 1.16. The van der Waals surface area contributed by atoms with Crippen LogP contribution in [0.3, 0.4) is 0 Å². The molecule has 0 radical (unpaired) electrons. The van der Waals surface area contributed by atoms with Gasteiger partial charge in [-0.3, -0.25) is 4.79 Å². The minimum Gasteiger partial charge on any atom is -0.493 e. The van der Waals surface area contributed by atoms with Gasteiger partial charge in [0.25, 0.3) is 5.56 Å². The predicted octanol–water partition coefficient (Wildman–Crippen LogP) is 3.18. The molecule has 2 heterocycles. The summed E-state index contributed by atoms with van der Waals surface area (Å²) in [6, 6.07) is 5.66. The maximum atomic E-state index is 12.4. The van der Waals surface area contributed by atoms with Gasteiger partial charge in [-0.05, 0) is 31.5 Å². The van der Waals surface area contributed by atoms with Crippen molar-refractivity contribution in [2.45, 2.75) is 20.3 Å². The first-order valence-electron chi connectivity index (χ1n) is 7.37. The minimum atomic E-state index is -0.197. The highest BCUT2D eigenvalue weighted by atomic mass is 79.9. The third-order valence-electron chi connectivity index (χ3n) is 3.53. The maximum absolute atomic E-state index is 12.4. The van der Waals surface area contributed by atoms with E-state index >= 15 is 0 Å². The van der Waals surface area contributed by atoms with Crippen molar-refractivity contribution in [1.82, 2.24) is 19.7 Å². The van der Waals surface area contributed by atoms with Gasteiger partial charge in [-0.25, -0.2) is 9.67 Å². The molecule has 0 aliphatic carbocycles. The second-order valence-electron chi connectivity index (χ2n) is 5.31. The molecule has 0 saturated carbocycles. The van der Waals surface area contributed by atoms with Gasteiger partial charge in [0.1, 0.15) is 17.0 Å². The zero-order valence-corrected chi connectivity index (χ0v) is 14.8. The normalized spacial score (nSPS) is 11.1. The SMILES string of the molecule is CCCOc1ccc(Br)cc1-c1nc2c(c(C)nn2C)c(=O)[nH]1. The summed E-state index contributed by atoms with van der Waals surface area (Å²) in [7, 11) is 1.78. The molecule has 0 saturated heterocycles. The molecule has 1 aromatic carbocycles. The lowest BCUT2D eigenvalue weighted by Gasteiger charge is -2.11. The Balaban J connectivity index is 2.22. The van der Waals surface area contributed by atoms with Crippen LogP contribution in [0, 0.1) is 6.92 Å². The molecule has 120 valence electrons. The van der Waals surface area contributed by atoms with E-state index in [1.807, 2.05) is 25.1 Å². The highest BCUT2D eigenvalue weighted by Crippen LogP contribution is 2.31. The Labute approximate surface area is 141 Å². The molecule has 7 heteroatoms. The van der Waals surface area contributed by atoms with Gasteiger partial charge in [-0.15, -0.1) is 0 Å². The number of H-pyrrole nitrogens is 1. The van der Waals surface area contributed by atoms with Gasteiger partial charge in [-0.2, -0.15) is 5.10 Å². The van der Waals surface area contributed by atoms with Crippen LogP contribution >= 0.6 is 15.9 Å². The van der Waals surface area contributed by atoms with Gasteiger partial charge >= 0.3 is 0 Å². The Bertz CT molecular complexity index is 930. The zero-order chi connectivity index (χ0) is 16.6. The number of hydrogen-bond donors (Lipinski definition) is 1. The molecule has 0 aliphatic heterocycles. The van der Waals surface area contributed by atoms with Gasteiger partial charge in [0.15, 0.2) is 5.65 Å². The fourth-order valence-corrected chi connectivity index (χ4v) is 2.86. The number of hydrogen-bond acceptors (Lipinski definition) is 4. The molecule has 0 atom stereocenters. The summed E-state index contributed by atoms with van der Waals surface area (Å²) < 4.78 is 8.29. The molecule has 0 bridgehead atoms. The molecular formula is C16H17BrN4O2. The van der Waals surface area contributed by atoms with E-state index in [0.29, 0.717) is 34.9 Å². The van der Waals surface area contributed by atoms with Crippen LogP contribution in [0.2, 0.25) is 0 Å². The molecule has 2 aromatic heterocycles. The minimum absolute atomic E-state index is 0.197. The first kappa shape index (κ1) is 15.7. The van der Waals surface area contributed by atoms with Gasteiger partial charge in [0.2, 0.25) is 0 Å². The average molecular weight is 377 g/mol. The predicted molar refractivity (Wildman–Crippen MR) is 92.8 cm³/mol. The van der Waals surface area contributed by atoms with Crippen LogP contribution in [0.1, 0.15) is 19.0 Å². The number of halogens is 1. The van der Waals surface area contributed by atoms with Crippen molar-refractivity contribution in [3.05, 3.63) is 38.7 Å². The molecule has 6 nitrogen and oxygen atoms in total. The molecule has 0 unspecified atom stereocenters. The van der Waals surface area contributed by atoms with Gasteiger partial charge < -0.3 is 9.72 Å². The topological polar surface area (TPSA) is 72.8 Å². The van der Waals surface area contributed by atoms with Gasteiger partial charge in [0.05, 0.1) is 17.9 Å². The average Bonchev–Trinajstić information content (AvgIpc) is 2.81.